The van der Waals surface area contributed by atoms with Crippen LogP contribution in [0, 0.1) is 0 Å². The molecule has 0 spiro atoms. The van der Waals surface area contributed by atoms with E-state index in [1.165, 1.54) is 6.92 Å². The number of halogens is 2. The van der Waals surface area contributed by atoms with Crippen molar-refractivity contribution in [3.8, 4) is 5.75 Å². The van der Waals surface area contributed by atoms with E-state index in [1.807, 2.05) is 4.98 Å². The maximum Gasteiger partial charge on any atom is 0.340 e. The van der Waals surface area contributed by atoms with Gasteiger partial charge in [0.1, 0.15) is 0 Å². The topological polar surface area (TPSA) is 79.4 Å². The standard InChI is InChI=1S/C9H9F2NO4/c1-2-16-9(15)4-3-12-8(14)6(13)5(4)7(10)11/h3,7,13H,2H2,1H3,(H,12,14). The number of aromatic amines is 1. The van der Waals surface area contributed by atoms with E-state index >= 15 is 0 Å². The third kappa shape index (κ3) is 2.18. The molecule has 0 bridgehead atoms. The lowest BCUT2D eigenvalue weighted by molar-refractivity contribution is 0.0513. The van der Waals surface area contributed by atoms with Crippen LogP contribution in [0.4, 0.5) is 8.78 Å². The first-order chi connectivity index (χ1) is 7.49. The fourth-order valence-corrected chi connectivity index (χ4v) is 1.13. The fraction of sp³-hybridized carbons (Fsp3) is 0.333. The predicted molar refractivity (Wildman–Crippen MR) is 49.6 cm³/mol. The summed E-state index contributed by atoms with van der Waals surface area (Å²) in [6, 6.07) is 0. The van der Waals surface area contributed by atoms with Crippen molar-refractivity contribution >= 4 is 5.97 Å². The second-order valence-electron chi connectivity index (χ2n) is 2.81. The van der Waals surface area contributed by atoms with E-state index in [9.17, 15) is 18.4 Å². The first kappa shape index (κ1) is 12.2. The van der Waals surface area contributed by atoms with Gasteiger partial charge in [0.15, 0.2) is 5.75 Å². The molecule has 1 heterocycles. The third-order valence-corrected chi connectivity index (χ3v) is 1.82. The number of carbonyl (C=O) groups is 1. The van der Waals surface area contributed by atoms with Crippen LogP contribution < -0.4 is 5.56 Å². The number of aromatic nitrogens is 1. The van der Waals surface area contributed by atoms with Gasteiger partial charge in [-0.3, -0.25) is 4.79 Å². The Bertz CT molecular complexity index is 455. The van der Waals surface area contributed by atoms with Crippen LogP contribution in [0.15, 0.2) is 11.0 Å². The van der Waals surface area contributed by atoms with Crippen molar-refractivity contribution in [1.29, 1.82) is 0 Å². The number of ether oxygens (including phenoxy) is 1. The van der Waals surface area contributed by atoms with Crippen LogP contribution >= 0.6 is 0 Å². The first-order valence-corrected chi connectivity index (χ1v) is 4.38. The van der Waals surface area contributed by atoms with E-state index in [0.29, 0.717) is 0 Å². The summed E-state index contributed by atoms with van der Waals surface area (Å²) in [5.74, 6) is -2.19. The highest BCUT2D eigenvalue weighted by Gasteiger charge is 2.25. The average molecular weight is 233 g/mol. The lowest BCUT2D eigenvalue weighted by Gasteiger charge is -2.08. The van der Waals surface area contributed by atoms with Crippen molar-refractivity contribution < 1.29 is 23.4 Å². The summed E-state index contributed by atoms with van der Waals surface area (Å²) in [4.78, 5) is 24.1. The average Bonchev–Trinajstić information content (AvgIpc) is 2.21. The molecule has 1 aromatic rings. The van der Waals surface area contributed by atoms with Crippen molar-refractivity contribution in [2.75, 3.05) is 6.61 Å². The van der Waals surface area contributed by atoms with Crippen molar-refractivity contribution in [3.05, 3.63) is 27.7 Å². The molecule has 0 aliphatic carbocycles. The number of esters is 1. The molecule has 88 valence electrons. The molecular weight excluding hydrogens is 224 g/mol. The molecule has 16 heavy (non-hydrogen) atoms. The molecule has 5 nitrogen and oxygen atoms in total. The minimum absolute atomic E-state index is 0.00139. The largest absolute Gasteiger partial charge is 0.503 e. The summed E-state index contributed by atoms with van der Waals surface area (Å²) in [6.07, 6.45) is -2.34. The molecule has 0 saturated carbocycles. The Morgan fingerprint density at radius 2 is 2.25 bits per heavy atom. The minimum Gasteiger partial charge on any atom is -0.503 e. The van der Waals surface area contributed by atoms with Crippen LogP contribution in [0.5, 0.6) is 5.75 Å². The highest BCUT2D eigenvalue weighted by Crippen LogP contribution is 2.28. The summed E-state index contributed by atoms with van der Waals surface area (Å²) < 4.78 is 29.6. The van der Waals surface area contributed by atoms with Crippen LogP contribution in [0.2, 0.25) is 0 Å². The number of H-pyrrole nitrogens is 1. The zero-order valence-corrected chi connectivity index (χ0v) is 8.29. The molecule has 0 aliphatic rings. The highest BCUT2D eigenvalue weighted by atomic mass is 19.3. The normalized spacial score (nSPS) is 10.5. The van der Waals surface area contributed by atoms with Crippen LogP contribution in [-0.4, -0.2) is 22.7 Å². The molecule has 1 rings (SSSR count). The van der Waals surface area contributed by atoms with Gasteiger partial charge in [-0.15, -0.1) is 0 Å². The molecule has 0 saturated heterocycles. The minimum atomic E-state index is -3.14. The first-order valence-electron chi connectivity index (χ1n) is 4.38. The van der Waals surface area contributed by atoms with Gasteiger partial charge in [0, 0.05) is 6.20 Å². The van der Waals surface area contributed by atoms with Gasteiger partial charge in [0.05, 0.1) is 17.7 Å². The molecule has 0 radical (unpaired) electrons. The molecule has 2 N–H and O–H groups in total. The number of aromatic hydroxyl groups is 1. The number of hydrogen-bond acceptors (Lipinski definition) is 4. The van der Waals surface area contributed by atoms with E-state index in [2.05, 4.69) is 4.74 Å². The molecular formula is C9H9F2NO4. The fourth-order valence-electron chi connectivity index (χ4n) is 1.13. The summed E-state index contributed by atoms with van der Waals surface area (Å²) in [5, 5.41) is 9.13. The van der Waals surface area contributed by atoms with E-state index in [1.54, 1.807) is 0 Å². The number of rotatable bonds is 3. The third-order valence-electron chi connectivity index (χ3n) is 1.82. The van der Waals surface area contributed by atoms with Crippen molar-refractivity contribution in [3.63, 3.8) is 0 Å². The van der Waals surface area contributed by atoms with Crippen molar-refractivity contribution in [1.82, 2.24) is 4.98 Å². The second-order valence-corrected chi connectivity index (χ2v) is 2.81. The van der Waals surface area contributed by atoms with Gasteiger partial charge in [-0.2, -0.15) is 0 Å². The summed E-state index contributed by atoms with van der Waals surface area (Å²) >= 11 is 0. The van der Waals surface area contributed by atoms with Crippen LogP contribution in [0.1, 0.15) is 29.3 Å². The smallest absolute Gasteiger partial charge is 0.340 e. The Morgan fingerprint density at radius 1 is 1.62 bits per heavy atom. The number of hydrogen-bond donors (Lipinski definition) is 2. The SMILES string of the molecule is CCOC(=O)c1c[nH]c(=O)c(O)c1C(F)F. The zero-order valence-electron chi connectivity index (χ0n) is 8.29. The lowest BCUT2D eigenvalue weighted by atomic mass is 10.1. The van der Waals surface area contributed by atoms with Crippen LogP contribution in [0.25, 0.3) is 0 Å². The van der Waals surface area contributed by atoms with E-state index in [0.717, 1.165) is 6.20 Å². The molecule has 0 fully saturated rings. The van der Waals surface area contributed by atoms with E-state index in [4.69, 9.17) is 5.11 Å². The number of nitrogens with one attached hydrogen (secondary N) is 1. The monoisotopic (exact) mass is 233 g/mol. The van der Waals surface area contributed by atoms with E-state index in [-0.39, 0.29) is 6.61 Å². The number of alkyl halides is 2. The van der Waals surface area contributed by atoms with Gasteiger partial charge in [-0.1, -0.05) is 0 Å². The Kier molecular flexibility index (Phi) is 3.60. The Morgan fingerprint density at radius 3 is 2.75 bits per heavy atom. The maximum absolute atomic E-state index is 12.5. The molecule has 0 aliphatic heterocycles. The zero-order chi connectivity index (χ0) is 12.3. The molecule has 0 aromatic carbocycles. The molecule has 0 unspecified atom stereocenters. The highest BCUT2D eigenvalue weighted by molar-refractivity contribution is 5.91. The second kappa shape index (κ2) is 4.73. The Labute approximate surface area is 88.7 Å². The van der Waals surface area contributed by atoms with E-state index < -0.39 is 34.8 Å². The summed E-state index contributed by atoms with van der Waals surface area (Å²) in [6.45, 7) is 1.51. The van der Waals surface area contributed by atoms with Crippen molar-refractivity contribution in [2.24, 2.45) is 0 Å². The predicted octanol–water partition coefficient (Wildman–Crippen LogP) is 1.19. The molecule has 7 heteroatoms. The quantitative estimate of drug-likeness (QED) is 0.768. The summed E-state index contributed by atoms with van der Waals surface area (Å²) in [5.41, 5.74) is -2.64. The summed E-state index contributed by atoms with van der Waals surface area (Å²) in [7, 11) is 0. The van der Waals surface area contributed by atoms with Gasteiger partial charge in [-0.25, -0.2) is 13.6 Å². The number of carbonyl (C=O) groups excluding carboxylic acids is 1. The molecule has 0 amide bonds. The van der Waals surface area contributed by atoms with Crippen LogP contribution in [-0.2, 0) is 4.74 Å². The van der Waals surface area contributed by atoms with Gasteiger partial charge in [0.25, 0.3) is 12.0 Å². The van der Waals surface area contributed by atoms with Crippen LogP contribution in [0.3, 0.4) is 0 Å². The van der Waals surface area contributed by atoms with Gasteiger partial charge >= 0.3 is 5.97 Å². The molecule has 0 atom stereocenters. The Hall–Kier alpha value is -1.92. The van der Waals surface area contributed by atoms with Crippen molar-refractivity contribution in [2.45, 2.75) is 13.3 Å². The van der Waals surface area contributed by atoms with Gasteiger partial charge < -0.3 is 14.8 Å². The number of pyridine rings is 1. The van der Waals surface area contributed by atoms with Gasteiger partial charge in [-0.05, 0) is 6.92 Å². The molecule has 1 aromatic heterocycles. The van der Waals surface area contributed by atoms with Gasteiger partial charge in [0.2, 0.25) is 0 Å². The maximum atomic E-state index is 12.5. The lowest BCUT2D eigenvalue weighted by Crippen LogP contribution is -2.15. The Balaban J connectivity index is 3.34.